The molecule has 0 bridgehead atoms. The van der Waals surface area contributed by atoms with Gasteiger partial charge in [-0.25, -0.2) is 4.98 Å². The number of ether oxygens (including phenoxy) is 2. The molecule has 8 heteroatoms. The van der Waals surface area contributed by atoms with Crippen molar-refractivity contribution in [1.82, 2.24) is 9.88 Å². The number of methoxy groups -OCH3 is 1. The van der Waals surface area contributed by atoms with Gasteiger partial charge in [-0.15, -0.1) is 11.8 Å². The van der Waals surface area contributed by atoms with Crippen molar-refractivity contribution in [2.75, 3.05) is 38.4 Å². The van der Waals surface area contributed by atoms with Crippen LogP contribution in [-0.2, 0) is 9.53 Å². The van der Waals surface area contributed by atoms with Gasteiger partial charge in [-0.1, -0.05) is 31.4 Å². The van der Waals surface area contributed by atoms with Crippen LogP contribution in [0.25, 0.3) is 0 Å². The average Bonchev–Trinajstić information content (AvgIpc) is 2.84. The van der Waals surface area contributed by atoms with E-state index in [4.69, 9.17) is 9.47 Å². The number of amides is 2. The van der Waals surface area contributed by atoms with Crippen LogP contribution in [-0.4, -0.2) is 60.9 Å². The standard InChI is InChI=1S/C24H31N3O4S/c1-27(19-8-4-3-5-9-19)23(28)17-32-21-11-7-6-10-20(21)24(29)26-18-12-13-22(25-16-18)31-15-14-30-2/h6-7,10-13,16,19H,3-5,8-9,14-15,17H2,1-2H3,(H,26,29). The van der Waals surface area contributed by atoms with Gasteiger partial charge in [0, 0.05) is 31.2 Å². The fraction of sp³-hybridized carbons (Fsp3) is 0.458. The van der Waals surface area contributed by atoms with E-state index in [1.54, 1.807) is 31.5 Å². The normalized spacial score (nSPS) is 14.1. The minimum atomic E-state index is -0.240. The number of carbonyl (C=O) groups excluding carboxylic acids is 2. The summed E-state index contributed by atoms with van der Waals surface area (Å²) in [6.07, 6.45) is 7.35. The number of hydrogen-bond acceptors (Lipinski definition) is 6. The molecule has 1 fully saturated rings. The Kier molecular flexibility index (Phi) is 9.37. The highest BCUT2D eigenvalue weighted by Crippen LogP contribution is 2.26. The molecular weight excluding hydrogens is 426 g/mol. The number of pyridine rings is 1. The molecule has 1 aromatic heterocycles. The zero-order valence-corrected chi connectivity index (χ0v) is 19.5. The van der Waals surface area contributed by atoms with Crippen LogP contribution < -0.4 is 10.1 Å². The van der Waals surface area contributed by atoms with Gasteiger partial charge >= 0.3 is 0 Å². The minimum Gasteiger partial charge on any atom is -0.475 e. The molecule has 32 heavy (non-hydrogen) atoms. The van der Waals surface area contributed by atoms with E-state index in [1.807, 2.05) is 30.1 Å². The first kappa shape index (κ1) is 24.1. The first-order chi connectivity index (χ1) is 15.6. The van der Waals surface area contributed by atoms with Crippen molar-refractivity contribution in [3.8, 4) is 5.88 Å². The second kappa shape index (κ2) is 12.5. The number of nitrogens with one attached hydrogen (secondary N) is 1. The van der Waals surface area contributed by atoms with E-state index in [0.29, 0.717) is 42.1 Å². The molecule has 2 amide bonds. The number of benzene rings is 1. The molecule has 1 heterocycles. The molecule has 1 aliphatic carbocycles. The maximum absolute atomic E-state index is 12.9. The summed E-state index contributed by atoms with van der Waals surface area (Å²) >= 11 is 1.40. The number of thioether (sulfide) groups is 1. The van der Waals surface area contributed by atoms with E-state index in [1.165, 1.54) is 31.0 Å². The summed E-state index contributed by atoms with van der Waals surface area (Å²) in [5, 5.41) is 2.86. The topological polar surface area (TPSA) is 80.8 Å². The monoisotopic (exact) mass is 457 g/mol. The van der Waals surface area contributed by atoms with Crippen LogP contribution >= 0.6 is 11.8 Å². The molecule has 1 saturated carbocycles. The Morgan fingerprint density at radius 3 is 2.62 bits per heavy atom. The van der Waals surface area contributed by atoms with Crippen molar-refractivity contribution in [2.45, 2.75) is 43.0 Å². The lowest BCUT2D eigenvalue weighted by Gasteiger charge is -2.31. The highest BCUT2D eigenvalue weighted by Gasteiger charge is 2.22. The summed E-state index contributed by atoms with van der Waals surface area (Å²) in [4.78, 5) is 32.4. The summed E-state index contributed by atoms with van der Waals surface area (Å²) in [5.41, 5.74) is 1.10. The Hall–Kier alpha value is -2.58. The third kappa shape index (κ3) is 6.97. The highest BCUT2D eigenvalue weighted by atomic mass is 32.2. The van der Waals surface area contributed by atoms with Crippen molar-refractivity contribution in [1.29, 1.82) is 0 Å². The van der Waals surface area contributed by atoms with Crippen LogP contribution in [0.3, 0.4) is 0 Å². The molecule has 1 aliphatic rings. The first-order valence-corrected chi connectivity index (χ1v) is 11.9. The lowest BCUT2D eigenvalue weighted by Crippen LogP contribution is -2.39. The lowest BCUT2D eigenvalue weighted by molar-refractivity contribution is -0.129. The molecule has 7 nitrogen and oxygen atoms in total. The highest BCUT2D eigenvalue weighted by molar-refractivity contribution is 8.00. The molecular formula is C24H31N3O4S. The van der Waals surface area contributed by atoms with Gasteiger partial charge in [0.2, 0.25) is 11.8 Å². The maximum Gasteiger partial charge on any atom is 0.256 e. The van der Waals surface area contributed by atoms with Crippen LogP contribution in [0, 0.1) is 0 Å². The molecule has 0 atom stereocenters. The van der Waals surface area contributed by atoms with Crippen molar-refractivity contribution in [2.24, 2.45) is 0 Å². The SMILES string of the molecule is COCCOc1ccc(NC(=O)c2ccccc2SCC(=O)N(C)C2CCCCC2)cn1. The van der Waals surface area contributed by atoms with Gasteiger partial charge in [-0.2, -0.15) is 0 Å². The van der Waals surface area contributed by atoms with Crippen LogP contribution in [0.2, 0.25) is 0 Å². The second-order valence-corrected chi connectivity index (χ2v) is 8.78. The Balaban J connectivity index is 1.56. The Bertz CT molecular complexity index is 885. The number of rotatable bonds is 10. The predicted octanol–water partition coefficient (Wildman–Crippen LogP) is 4.24. The van der Waals surface area contributed by atoms with E-state index in [9.17, 15) is 9.59 Å². The lowest BCUT2D eigenvalue weighted by atomic mass is 9.94. The van der Waals surface area contributed by atoms with Gasteiger partial charge in [0.05, 0.1) is 29.8 Å². The third-order valence-corrected chi connectivity index (χ3v) is 6.59. The van der Waals surface area contributed by atoms with Gasteiger partial charge in [0.15, 0.2) is 0 Å². The second-order valence-electron chi connectivity index (χ2n) is 7.76. The van der Waals surface area contributed by atoms with Crippen LogP contribution in [0.5, 0.6) is 5.88 Å². The van der Waals surface area contributed by atoms with E-state index >= 15 is 0 Å². The number of aromatic nitrogens is 1. The van der Waals surface area contributed by atoms with E-state index in [2.05, 4.69) is 10.3 Å². The van der Waals surface area contributed by atoms with E-state index in [-0.39, 0.29) is 11.8 Å². The molecule has 0 spiro atoms. The fourth-order valence-electron chi connectivity index (χ4n) is 3.66. The maximum atomic E-state index is 12.9. The first-order valence-electron chi connectivity index (χ1n) is 10.9. The molecule has 172 valence electrons. The van der Waals surface area contributed by atoms with E-state index in [0.717, 1.165) is 17.7 Å². The molecule has 0 unspecified atom stereocenters. The number of anilines is 1. The number of carbonyl (C=O) groups is 2. The Morgan fingerprint density at radius 2 is 1.91 bits per heavy atom. The summed E-state index contributed by atoms with van der Waals surface area (Å²) in [6, 6.07) is 11.1. The number of hydrogen-bond donors (Lipinski definition) is 1. The summed E-state index contributed by atoms with van der Waals surface area (Å²) < 4.78 is 10.4. The quantitative estimate of drug-likeness (QED) is 0.425. The largest absolute Gasteiger partial charge is 0.475 e. The van der Waals surface area contributed by atoms with Crippen LogP contribution in [0.4, 0.5) is 5.69 Å². The minimum absolute atomic E-state index is 0.102. The molecule has 1 N–H and O–H groups in total. The molecule has 0 radical (unpaired) electrons. The molecule has 0 saturated heterocycles. The Labute approximate surface area is 193 Å². The van der Waals surface area contributed by atoms with Crippen molar-refractivity contribution in [3.05, 3.63) is 48.2 Å². The fourth-order valence-corrected chi connectivity index (χ4v) is 4.63. The van der Waals surface area contributed by atoms with E-state index < -0.39 is 0 Å². The van der Waals surface area contributed by atoms with Gasteiger partial charge in [0.1, 0.15) is 6.61 Å². The smallest absolute Gasteiger partial charge is 0.256 e. The van der Waals surface area contributed by atoms with Gasteiger partial charge in [-0.3, -0.25) is 9.59 Å². The Morgan fingerprint density at radius 1 is 1.12 bits per heavy atom. The molecule has 2 aromatic rings. The van der Waals surface area contributed by atoms with Crippen LogP contribution in [0.15, 0.2) is 47.5 Å². The van der Waals surface area contributed by atoms with Crippen LogP contribution in [0.1, 0.15) is 42.5 Å². The zero-order valence-electron chi connectivity index (χ0n) is 18.7. The van der Waals surface area contributed by atoms with Crippen molar-refractivity contribution < 1.29 is 19.1 Å². The summed E-state index contributed by atoms with van der Waals surface area (Å²) in [6.45, 7) is 0.891. The van der Waals surface area contributed by atoms with Gasteiger partial charge < -0.3 is 19.7 Å². The molecule has 0 aliphatic heterocycles. The third-order valence-electron chi connectivity index (χ3n) is 5.53. The molecule has 1 aromatic carbocycles. The van der Waals surface area contributed by atoms with Gasteiger partial charge in [-0.05, 0) is 31.0 Å². The molecule has 3 rings (SSSR count). The summed E-state index contributed by atoms with van der Waals surface area (Å²) in [7, 11) is 3.50. The average molecular weight is 458 g/mol. The zero-order chi connectivity index (χ0) is 22.8. The van der Waals surface area contributed by atoms with Gasteiger partial charge in [0.25, 0.3) is 5.91 Å². The van der Waals surface area contributed by atoms with Crippen molar-refractivity contribution in [3.63, 3.8) is 0 Å². The number of nitrogens with zero attached hydrogens (tertiary/aromatic N) is 2. The summed E-state index contributed by atoms with van der Waals surface area (Å²) in [5.74, 6) is 0.643. The van der Waals surface area contributed by atoms with Crippen molar-refractivity contribution >= 4 is 29.3 Å². The predicted molar refractivity (Wildman–Crippen MR) is 126 cm³/mol.